The standard InChI is InChI=1S/C36H60N4O4/c1-21(2)28(24(7)26-13-14-31-30(16-26)27(20-38-31)10-9-15-44-8)17-32(40-36(43)34(37)23(5)6)33(41)18-29(22(3)4)35(42)39-19-25-11-12-25/h13-14,16,20-25,28-29,32-34,38,41H,9-12,15,17-19,37H2,1-8H3,(H,39,42)(H,40,43)/t24?,28-,29-,32-,33-,34-/m0/s1. The molecule has 1 fully saturated rings. The average Bonchev–Trinajstić information content (AvgIpc) is 3.73. The Labute approximate surface area is 265 Å². The molecule has 1 aromatic carbocycles. The first-order valence-electron chi connectivity index (χ1n) is 16.9. The summed E-state index contributed by atoms with van der Waals surface area (Å²) in [4.78, 5) is 29.8. The molecule has 248 valence electrons. The highest BCUT2D eigenvalue weighted by Gasteiger charge is 2.35. The van der Waals surface area contributed by atoms with E-state index < -0.39 is 18.2 Å². The minimum Gasteiger partial charge on any atom is -0.391 e. The second-order valence-corrected chi connectivity index (χ2v) is 14.4. The highest BCUT2D eigenvalue weighted by atomic mass is 16.5. The lowest BCUT2D eigenvalue weighted by Crippen LogP contribution is -2.53. The van der Waals surface area contributed by atoms with Crippen LogP contribution in [0.15, 0.2) is 24.4 Å². The molecule has 44 heavy (non-hydrogen) atoms. The summed E-state index contributed by atoms with van der Waals surface area (Å²) in [6.07, 6.45) is 6.32. The number of aliphatic hydroxyl groups is 1. The number of carbonyl (C=O) groups excluding carboxylic acids is 2. The van der Waals surface area contributed by atoms with Crippen molar-refractivity contribution < 1.29 is 19.4 Å². The molecule has 3 rings (SSSR count). The fourth-order valence-corrected chi connectivity index (χ4v) is 6.39. The number of H-pyrrole nitrogens is 1. The Morgan fingerprint density at radius 1 is 1.02 bits per heavy atom. The molecule has 2 aromatic rings. The van der Waals surface area contributed by atoms with E-state index in [9.17, 15) is 14.7 Å². The molecule has 8 nitrogen and oxygen atoms in total. The number of nitrogens with two attached hydrogens (primary N) is 1. The third kappa shape index (κ3) is 10.0. The van der Waals surface area contributed by atoms with Gasteiger partial charge in [0.1, 0.15) is 0 Å². The van der Waals surface area contributed by atoms with Gasteiger partial charge in [-0.2, -0.15) is 0 Å². The number of aryl methyl sites for hydroxylation is 1. The predicted octanol–water partition coefficient (Wildman–Crippen LogP) is 5.53. The molecule has 0 saturated heterocycles. The number of methoxy groups -OCH3 is 1. The summed E-state index contributed by atoms with van der Waals surface area (Å²) in [6, 6.07) is 5.44. The number of carbonyl (C=O) groups is 2. The van der Waals surface area contributed by atoms with Gasteiger partial charge in [-0.3, -0.25) is 9.59 Å². The number of nitrogens with one attached hydrogen (secondary N) is 3. The van der Waals surface area contributed by atoms with Crippen LogP contribution in [0.3, 0.4) is 0 Å². The molecular weight excluding hydrogens is 552 g/mol. The average molecular weight is 613 g/mol. The smallest absolute Gasteiger partial charge is 0.237 e. The minimum absolute atomic E-state index is 0.00945. The zero-order valence-electron chi connectivity index (χ0n) is 28.5. The van der Waals surface area contributed by atoms with E-state index >= 15 is 0 Å². The fourth-order valence-electron chi connectivity index (χ4n) is 6.39. The topological polar surface area (TPSA) is 129 Å². The van der Waals surface area contributed by atoms with Crippen LogP contribution in [-0.4, -0.2) is 60.4 Å². The monoisotopic (exact) mass is 612 g/mol. The molecule has 1 unspecified atom stereocenters. The molecule has 1 aliphatic rings. The summed E-state index contributed by atoms with van der Waals surface area (Å²) in [5.74, 6) is 0.637. The van der Waals surface area contributed by atoms with Crippen LogP contribution in [0.5, 0.6) is 0 Å². The van der Waals surface area contributed by atoms with Gasteiger partial charge in [-0.25, -0.2) is 0 Å². The first kappa shape index (κ1) is 36.1. The maximum Gasteiger partial charge on any atom is 0.237 e. The van der Waals surface area contributed by atoms with Crippen molar-refractivity contribution in [2.45, 2.75) is 111 Å². The maximum absolute atomic E-state index is 13.3. The van der Waals surface area contributed by atoms with Gasteiger partial charge in [0, 0.05) is 43.3 Å². The van der Waals surface area contributed by atoms with E-state index in [0.717, 1.165) is 25.0 Å². The van der Waals surface area contributed by atoms with Crippen LogP contribution in [0.1, 0.15) is 97.6 Å². The van der Waals surface area contributed by atoms with Crippen molar-refractivity contribution in [2.75, 3.05) is 20.3 Å². The molecule has 2 amide bonds. The Morgan fingerprint density at radius 3 is 2.32 bits per heavy atom. The molecule has 8 heteroatoms. The summed E-state index contributed by atoms with van der Waals surface area (Å²) >= 11 is 0. The minimum atomic E-state index is -0.884. The van der Waals surface area contributed by atoms with E-state index in [2.05, 4.69) is 60.8 Å². The van der Waals surface area contributed by atoms with Crippen LogP contribution >= 0.6 is 0 Å². The fraction of sp³-hybridized carbons (Fsp3) is 0.722. The van der Waals surface area contributed by atoms with Crippen LogP contribution < -0.4 is 16.4 Å². The van der Waals surface area contributed by atoms with Crippen LogP contribution in [0.4, 0.5) is 0 Å². The third-order valence-corrected chi connectivity index (χ3v) is 9.85. The van der Waals surface area contributed by atoms with Gasteiger partial charge in [0.25, 0.3) is 0 Å². The number of aliphatic hydroxyl groups excluding tert-OH is 1. The zero-order valence-corrected chi connectivity index (χ0v) is 28.5. The highest BCUT2D eigenvalue weighted by molar-refractivity contribution is 5.84. The van der Waals surface area contributed by atoms with Gasteiger partial charge in [0.2, 0.25) is 11.8 Å². The molecule has 1 heterocycles. The van der Waals surface area contributed by atoms with Crippen LogP contribution in [0.2, 0.25) is 0 Å². The van der Waals surface area contributed by atoms with Crippen molar-refractivity contribution in [2.24, 2.45) is 41.2 Å². The summed E-state index contributed by atoms with van der Waals surface area (Å²) in [7, 11) is 1.73. The number of ether oxygens (including phenoxy) is 1. The van der Waals surface area contributed by atoms with Gasteiger partial charge in [0.05, 0.1) is 18.2 Å². The van der Waals surface area contributed by atoms with Gasteiger partial charge in [-0.1, -0.05) is 54.5 Å². The lowest BCUT2D eigenvalue weighted by Gasteiger charge is -2.36. The summed E-state index contributed by atoms with van der Waals surface area (Å²) in [5.41, 5.74) is 9.90. The van der Waals surface area contributed by atoms with Gasteiger partial charge >= 0.3 is 0 Å². The molecule has 0 aliphatic heterocycles. The number of benzene rings is 1. The van der Waals surface area contributed by atoms with Gasteiger partial charge in [-0.15, -0.1) is 0 Å². The Kier molecular flexibility index (Phi) is 13.7. The number of aromatic nitrogens is 1. The van der Waals surface area contributed by atoms with Crippen molar-refractivity contribution in [1.82, 2.24) is 15.6 Å². The largest absolute Gasteiger partial charge is 0.391 e. The summed E-state index contributed by atoms with van der Waals surface area (Å²) in [6.45, 7) is 16.0. The van der Waals surface area contributed by atoms with Crippen molar-refractivity contribution in [3.63, 3.8) is 0 Å². The van der Waals surface area contributed by atoms with Crippen molar-refractivity contribution in [3.8, 4) is 0 Å². The molecule has 1 aliphatic carbocycles. The van der Waals surface area contributed by atoms with E-state index in [0.29, 0.717) is 24.8 Å². The molecule has 0 bridgehead atoms. The van der Waals surface area contributed by atoms with Crippen molar-refractivity contribution in [1.29, 1.82) is 0 Å². The van der Waals surface area contributed by atoms with E-state index in [1.807, 2.05) is 27.7 Å². The lowest BCUT2D eigenvalue weighted by molar-refractivity contribution is -0.128. The summed E-state index contributed by atoms with van der Waals surface area (Å²) in [5, 5.41) is 19.2. The Bertz CT molecular complexity index is 1190. The van der Waals surface area contributed by atoms with Crippen molar-refractivity contribution >= 4 is 22.7 Å². The van der Waals surface area contributed by atoms with E-state index in [4.69, 9.17) is 10.5 Å². The predicted molar refractivity (Wildman–Crippen MR) is 179 cm³/mol. The Hall–Kier alpha value is -2.42. The summed E-state index contributed by atoms with van der Waals surface area (Å²) < 4.78 is 5.27. The van der Waals surface area contributed by atoms with E-state index in [1.54, 1.807) is 7.11 Å². The van der Waals surface area contributed by atoms with Gasteiger partial charge < -0.3 is 31.2 Å². The SMILES string of the molecule is COCCCc1c[nH]c2ccc(C(C)[C@@H](C[C@H](NC(=O)[C@@H](N)C(C)C)[C@@H](O)C[C@H](C(=O)NCC3CC3)C(C)C)C(C)C)cc12. The maximum atomic E-state index is 13.3. The van der Waals surface area contributed by atoms with Crippen LogP contribution in [-0.2, 0) is 20.7 Å². The molecule has 0 spiro atoms. The van der Waals surface area contributed by atoms with Gasteiger partial charge in [-0.05, 0) is 97.3 Å². The normalized spacial score (nSPS) is 17.9. The van der Waals surface area contributed by atoms with Crippen LogP contribution in [0, 0.1) is 35.5 Å². The number of aromatic amines is 1. The zero-order chi connectivity index (χ0) is 32.6. The number of amides is 2. The van der Waals surface area contributed by atoms with Crippen LogP contribution in [0.25, 0.3) is 10.9 Å². The van der Waals surface area contributed by atoms with Gasteiger partial charge in [0.15, 0.2) is 0 Å². The molecule has 0 radical (unpaired) electrons. The second-order valence-electron chi connectivity index (χ2n) is 14.4. The number of hydrogen-bond acceptors (Lipinski definition) is 5. The Morgan fingerprint density at radius 2 is 1.73 bits per heavy atom. The first-order chi connectivity index (χ1) is 20.8. The number of fused-ring (bicyclic) bond motifs is 1. The molecular formula is C36H60N4O4. The number of hydrogen-bond donors (Lipinski definition) is 5. The third-order valence-electron chi connectivity index (χ3n) is 9.85. The van der Waals surface area contributed by atoms with E-state index in [-0.39, 0.29) is 47.8 Å². The molecule has 1 saturated carbocycles. The number of rotatable bonds is 19. The van der Waals surface area contributed by atoms with Crippen molar-refractivity contribution in [3.05, 3.63) is 35.5 Å². The molecule has 1 aromatic heterocycles. The first-order valence-corrected chi connectivity index (χ1v) is 16.9. The quantitative estimate of drug-likeness (QED) is 0.133. The highest BCUT2D eigenvalue weighted by Crippen LogP contribution is 2.37. The Balaban J connectivity index is 1.85. The van der Waals surface area contributed by atoms with E-state index in [1.165, 1.54) is 29.4 Å². The second kappa shape index (κ2) is 16.8. The molecule has 6 N–H and O–H groups in total. The lowest BCUT2D eigenvalue weighted by atomic mass is 9.75. The molecule has 6 atom stereocenters.